The Balaban J connectivity index is 1.75. The van der Waals surface area contributed by atoms with Crippen LogP contribution in [0.3, 0.4) is 0 Å². The Labute approximate surface area is 100 Å². The molecule has 1 aromatic heterocycles. The lowest BCUT2D eigenvalue weighted by Gasteiger charge is -2.43. The van der Waals surface area contributed by atoms with Gasteiger partial charge in [-0.05, 0) is 26.0 Å². The molecule has 5 nitrogen and oxygen atoms in total. The quantitative estimate of drug-likeness (QED) is 0.802. The van der Waals surface area contributed by atoms with Crippen molar-refractivity contribution in [2.24, 2.45) is 0 Å². The molecule has 1 amide bonds. The van der Waals surface area contributed by atoms with Gasteiger partial charge in [-0.3, -0.25) is 9.69 Å². The van der Waals surface area contributed by atoms with Crippen molar-refractivity contribution in [2.75, 3.05) is 19.6 Å². The smallest absolute Gasteiger partial charge is 0.234 e. The molecule has 1 aliphatic rings. The number of likely N-dealkylation sites (tertiary alicyclic amines) is 1. The van der Waals surface area contributed by atoms with Gasteiger partial charge in [0.05, 0.1) is 24.5 Å². The average molecular weight is 238 g/mol. The van der Waals surface area contributed by atoms with Gasteiger partial charge in [0, 0.05) is 13.1 Å². The van der Waals surface area contributed by atoms with E-state index in [1.165, 1.54) is 0 Å². The van der Waals surface area contributed by atoms with Crippen LogP contribution in [-0.4, -0.2) is 41.1 Å². The molecular weight excluding hydrogens is 220 g/mol. The monoisotopic (exact) mass is 238 g/mol. The van der Waals surface area contributed by atoms with Crippen molar-refractivity contribution in [1.29, 1.82) is 0 Å². The second-order valence-corrected chi connectivity index (χ2v) is 4.95. The molecule has 0 saturated carbocycles. The van der Waals surface area contributed by atoms with Gasteiger partial charge in [0.2, 0.25) is 5.91 Å². The fraction of sp³-hybridized carbons (Fsp3) is 0.583. The van der Waals surface area contributed by atoms with Crippen LogP contribution in [0.25, 0.3) is 0 Å². The van der Waals surface area contributed by atoms with Crippen LogP contribution in [-0.2, 0) is 4.79 Å². The summed E-state index contributed by atoms with van der Waals surface area (Å²) in [6.07, 6.45) is 1.59. The van der Waals surface area contributed by atoms with Gasteiger partial charge in [-0.25, -0.2) is 0 Å². The average Bonchev–Trinajstić information content (AvgIpc) is 2.66. The van der Waals surface area contributed by atoms with Crippen LogP contribution >= 0.6 is 0 Å². The highest BCUT2D eigenvalue weighted by Gasteiger charge is 2.37. The first-order valence-electron chi connectivity index (χ1n) is 5.74. The van der Waals surface area contributed by atoms with Crippen molar-refractivity contribution in [3.63, 3.8) is 0 Å². The molecule has 0 bridgehead atoms. The minimum atomic E-state index is -0.632. The summed E-state index contributed by atoms with van der Waals surface area (Å²) in [7, 11) is 0. The van der Waals surface area contributed by atoms with Crippen molar-refractivity contribution < 1.29 is 14.3 Å². The Morgan fingerprint density at radius 2 is 2.41 bits per heavy atom. The van der Waals surface area contributed by atoms with Crippen molar-refractivity contribution >= 4 is 5.91 Å². The van der Waals surface area contributed by atoms with Crippen molar-refractivity contribution in [1.82, 2.24) is 10.2 Å². The van der Waals surface area contributed by atoms with E-state index in [1.54, 1.807) is 19.3 Å². The molecule has 17 heavy (non-hydrogen) atoms. The van der Waals surface area contributed by atoms with Gasteiger partial charge in [0.15, 0.2) is 0 Å². The standard InChI is InChI=1S/C12H18N2O3/c1-9(10-4-3-5-17-10)13-11(15)6-14-7-12(2,16)8-14/h3-5,9,16H,6-8H2,1-2H3,(H,13,15). The van der Waals surface area contributed by atoms with Gasteiger partial charge in [-0.15, -0.1) is 0 Å². The van der Waals surface area contributed by atoms with E-state index in [2.05, 4.69) is 5.32 Å². The summed E-state index contributed by atoms with van der Waals surface area (Å²) in [5, 5.41) is 12.4. The van der Waals surface area contributed by atoms with E-state index in [9.17, 15) is 9.90 Å². The first-order chi connectivity index (χ1) is 7.96. The third-order valence-corrected chi connectivity index (χ3v) is 2.84. The Morgan fingerprint density at radius 1 is 1.71 bits per heavy atom. The summed E-state index contributed by atoms with van der Waals surface area (Å²) in [6.45, 7) is 5.07. The number of hydrogen-bond acceptors (Lipinski definition) is 4. The maximum atomic E-state index is 11.7. The second-order valence-electron chi connectivity index (χ2n) is 4.95. The number of nitrogens with one attached hydrogen (secondary N) is 1. The summed E-state index contributed by atoms with van der Waals surface area (Å²) in [5.74, 6) is 0.693. The lowest BCUT2D eigenvalue weighted by atomic mass is 9.97. The number of aliphatic hydroxyl groups is 1. The largest absolute Gasteiger partial charge is 0.467 e. The number of β-amino-alcohol motifs (C(OH)–C–C–N with tert-alkyl or cyclic N) is 1. The molecule has 0 spiro atoms. The van der Waals surface area contributed by atoms with Crippen LogP contribution in [0.5, 0.6) is 0 Å². The minimum absolute atomic E-state index is 0.0515. The summed E-state index contributed by atoms with van der Waals surface area (Å²) in [6, 6.07) is 3.50. The van der Waals surface area contributed by atoms with Gasteiger partial charge >= 0.3 is 0 Å². The van der Waals surface area contributed by atoms with Crippen LogP contribution in [0, 0.1) is 0 Å². The molecule has 1 fully saturated rings. The Bertz CT molecular complexity index is 378. The van der Waals surface area contributed by atoms with E-state index < -0.39 is 5.60 Å². The van der Waals surface area contributed by atoms with E-state index >= 15 is 0 Å². The number of rotatable bonds is 4. The Morgan fingerprint density at radius 3 is 2.94 bits per heavy atom. The molecule has 0 aliphatic carbocycles. The Kier molecular flexibility index (Phi) is 3.22. The molecule has 0 aromatic carbocycles. The highest BCUT2D eigenvalue weighted by molar-refractivity contribution is 5.78. The molecular formula is C12H18N2O3. The fourth-order valence-corrected chi connectivity index (χ4v) is 2.13. The fourth-order valence-electron chi connectivity index (χ4n) is 2.13. The van der Waals surface area contributed by atoms with E-state index in [-0.39, 0.29) is 11.9 Å². The summed E-state index contributed by atoms with van der Waals surface area (Å²) in [4.78, 5) is 13.6. The van der Waals surface area contributed by atoms with Gasteiger partial charge in [-0.1, -0.05) is 0 Å². The van der Waals surface area contributed by atoms with Gasteiger partial charge in [0.1, 0.15) is 5.76 Å². The molecule has 1 atom stereocenters. The molecule has 1 saturated heterocycles. The number of carbonyl (C=O) groups excluding carboxylic acids is 1. The summed E-state index contributed by atoms with van der Waals surface area (Å²) < 4.78 is 5.21. The number of carbonyl (C=O) groups is 1. The number of furan rings is 1. The topological polar surface area (TPSA) is 65.7 Å². The van der Waals surface area contributed by atoms with Gasteiger partial charge < -0.3 is 14.8 Å². The molecule has 5 heteroatoms. The zero-order valence-electron chi connectivity index (χ0n) is 10.1. The third-order valence-electron chi connectivity index (χ3n) is 2.84. The van der Waals surface area contributed by atoms with Crippen molar-refractivity contribution in [3.05, 3.63) is 24.2 Å². The van der Waals surface area contributed by atoms with Crippen molar-refractivity contribution in [2.45, 2.75) is 25.5 Å². The summed E-state index contributed by atoms with van der Waals surface area (Å²) >= 11 is 0. The van der Waals surface area contributed by atoms with E-state index in [4.69, 9.17) is 4.42 Å². The molecule has 2 rings (SSSR count). The molecule has 94 valence electrons. The summed E-state index contributed by atoms with van der Waals surface area (Å²) in [5.41, 5.74) is -0.632. The van der Waals surface area contributed by atoms with E-state index in [0.717, 1.165) is 5.76 Å². The SMILES string of the molecule is CC(NC(=O)CN1CC(C)(O)C1)c1ccco1. The molecule has 1 unspecified atom stereocenters. The molecule has 2 N–H and O–H groups in total. The van der Waals surface area contributed by atoms with E-state index in [1.807, 2.05) is 17.9 Å². The number of nitrogens with zero attached hydrogens (tertiary/aromatic N) is 1. The zero-order valence-corrected chi connectivity index (χ0v) is 10.1. The van der Waals surface area contributed by atoms with Crippen LogP contribution in [0.4, 0.5) is 0 Å². The number of hydrogen-bond donors (Lipinski definition) is 2. The lowest BCUT2D eigenvalue weighted by molar-refractivity contribution is -0.130. The molecule has 1 aromatic rings. The van der Waals surface area contributed by atoms with Crippen LogP contribution in [0.2, 0.25) is 0 Å². The maximum absolute atomic E-state index is 11.7. The maximum Gasteiger partial charge on any atom is 0.234 e. The Hall–Kier alpha value is -1.33. The molecule has 0 radical (unpaired) electrons. The van der Waals surface area contributed by atoms with Crippen LogP contribution in [0.1, 0.15) is 25.6 Å². The lowest BCUT2D eigenvalue weighted by Crippen LogP contribution is -2.61. The third kappa shape index (κ3) is 3.08. The predicted octanol–water partition coefficient (Wildman–Crippen LogP) is 0.523. The highest BCUT2D eigenvalue weighted by Crippen LogP contribution is 2.19. The first kappa shape index (κ1) is 12.1. The zero-order chi connectivity index (χ0) is 12.5. The van der Waals surface area contributed by atoms with Crippen LogP contribution in [0.15, 0.2) is 22.8 Å². The van der Waals surface area contributed by atoms with Gasteiger partial charge in [-0.2, -0.15) is 0 Å². The normalized spacial score (nSPS) is 20.6. The first-order valence-corrected chi connectivity index (χ1v) is 5.74. The predicted molar refractivity (Wildman–Crippen MR) is 62.3 cm³/mol. The second kappa shape index (κ2) is 4.50. The van der Waals surface area contributed by atoms with E-state index in [0.29, 0.717) is 19.6 Å². The van der Waals surface area contributed by atoms with Crippen LogP contribution < -0.4 is 5.32 Å². The van der Waals surface area contributed by atoms with Gasteiger partial charge in [0.25, 0.3) is 0 Å². The van der Waals surface area contributed by atoms with Crippen molar-refractivity contribution in [3.8, 4) is 0 Å². The molecule has 1 aliphatic heterocycles. The highest BCUT2D eigenvalue weighted by atomic mass is 16.3. The minimum Gasteiger partial charge on any atom is -0.467 e. The molecule has 2 heterocycles. The number of amides is 1.